The lowest BCUT2D eigenvalue weighted by atomic mass is 9.99. The maximum Gasteiger partial charge on any atom is 0.341 e. The van der Waals surface area contributed by atoms with Crippen molar-refractivity contribution >= 4 is 5.97 Å². The van der Waals surface area contributed by atoms with E-state index in [2.05, 4.69) is 17.3 Å². The second-order valence-corrected chi connectivity index (χ2v) is 5.63. The molecule has 1 N–H and O–H groups in total. The maximum atomic E-state index is 11.5. The number of aromatic nitrogens is 1. The summed E-state index contributed by atoms with van der Waals surface area (Å²) in [4.78, 5) is 11.5. The number of rotatable bonds is 4. The molecule has 1 aliphatic carbocycles. The van der Waals surface area contributed by atoms with Crippen molar-refractivity contribution in [1.29, 1.82) is 0 Å². The summed E-state index contributed by atoms with van der Waals surface area (Å²) >= 11 is 0. The predicted octanol–water partition coefficient (Wildman–Crippen LogP) is 4.04. The number of benzene rings is 1. The van der Waals surface area contributed by atoms with E-state index in [9.17, 15) is 9.90 Å². The van der Waals surface area contributed by atoms with Crippen molar-refractivity contribution in [3.05, 3.63) is 41.2 Å². The Balaban J connectivity index is 2.02. The highest BCUT2D eigenvalue weighted by Crippen LogP contribution is 2.40. The molecule has 0 spiro atoms. The molecule has 1 aliphatic rings. The number of carbonyl (C=O) groups is 1. The van der Waals surface area contributed by atoms with Crippen LogP contribution in [0.2, 0.25) is 0 Å². The van der Waals surface area contributed by atoms with Crippen LogP contribution in [0.5, 0.6) is 0 Å². The molecular weight excluding hydrogens is 254 g/mol. The molecule has 20 heavy (non-hydrogen) atoms. The third kappa shape index (κ3) is 2.22. The van der Waals surface area contributed by atoms with E-state index < -0.39 is 5.97 Å². The molecule has 1 fully saturated rings. The summed E-state index contributed by atoms with van der Waals surface area (Å²) in [7, 11) is 0. The quantitative estimate of drug-likeness (QED) is 0.911. The van der Waals surface area contributed by atoms with Crippen molar-refractivity contribution in [3.8, 4) is 11.3 Å². The zero-order chi connectivity index (χ0) is 14.3. The standard InChI is InChI=1S/C16H17NO3/c1-9(2)15-13(16(18)19)14(17-20-15)12-7-5-11(6-8-12)10-3-4-10/h5-10H,3-4H2,1-2H3,(H,18,19). The fourth-order valence-electron chi connectivity index (χ4n) is 2.43. The number of nitrogens with zero attached hydrogens (tertiary/aromatic N) is 1. The molecule has 1 heterocycles. The molecule has 3 rings (SSSR count). The minimum Gasteiger partial charge on any atom is -0.477 e. The van der Waals surface area contributed by atoms with Crippen molar-refractivity contribution in [1.82, 2.24) is 5.16 Å². The summed E-state index contributed by atoms with van der Waals surface area (Å²) in [6, 6.07) is 7.98. The number of hydrogen-bond donors (Lipinski definition) is 1. The van der Waals surface area contributed by atoms with Gasteiger partial charge in [0.15, 0.2) is 5.76 Å². The van der Waals surface area contributed by atoms with Gasteiger partial charge in [-0.1, -0.05) is 43.3 Å². The first-order valence-corrected chi connectivity index (χ1v) is 6.91. The third-order valence-electron chi connectivity index (χ3n) is 3.69. The molecular formula is C16H17NO3. The van der Waals surface area contributed by atoms with Crippen LogP contribution in [0.1, 0.15) is 60.2 Å². The largest absolute Gasteiger partial charge is 0.477 e. The van der Waals surface area contributed by atoms with Gasteiger partial charge in [0.1, 0.15) is 11.3 Å². The van der Waals surface area contributed by atoms with Gasteiger partial charge < -0.3 is 9.63 Å². The third-order valence-corrected chi connectivity index (χ3v) is 3.69. The number of carboxylic acids is 1. The van der Waals surface area contributed by atoms with E-state index >= 15 is 0 Å². The molecule has 4 nitrogen and oxygen atoms in total. The number of carboxylic acid groups (broad SMARTS) is 1. The van der Waals surface area contributed by atoms with Crippen LogP contribution in [0.3, 0.4) is 0 Å². The fraction of sp³-hybridized carbons (Fsp3) is 0.375. The van der Waals surface area contributed by atoms with Gasteiger partial charge in [-0.2, -0.15) is 0 Å². The van der Waals surface area contributed by atoms with Gasteiger partial charge in [0.05, 0.1) is 0 Å². The molecule has 0 unspecified atom stereocenters. The average Bonchev–Trinajstić information content (AvgIpc) is 3.16. The molecule has 104 valence electrons. The smallest absolute Gasteiger partial charge is 0.341 e. The van der Waals surface area contributed by atoms with Crippen LogP contribution in [-0.4, -0.2) is 16.2 Å². The first kappa shape index (κ1) is 12.9. The molecule has 0 saturated heterocycles. The van der Waals surface area contributed by atoms with E-state index in [4.69, 9.17) is 4.52 Å². The SMILES string of the molecule is CC(C)c1onc(-c2ccc(C3CC3)cc2)c1C(=O)O. The minimum atomic E-state index is -0.990. The minimum absolute atomic E-state index is 0.00640. The van der Waals surface area contributed by atoms with Crippen LogP contribution >= 0.6 is 0 Å². The van der Waals surface area contributed by atoms with Gasteiger partial charge in [-0.05, 0) is 24.3 Å². The van der Waals surface area contributed by atoms with E-state index in [1.807, 2.05) is 26.0 Å². The van der Waals surface area contributed by atoms with Crippen LogP contribution in [0.25, 0.3) is 11.3 Å². The van der Waals surface area contributed by atoms with Gasteiger partial charge in [-0.3, -0.25) is 0 Å². The molecule has 1 saturated carbocycles. The van der Waals surface area contributed by atoms with Crippen LogP contribution in [0.4, 0.5) is 0 Å². The molecule has 1 aromatic carbocycles. The zero-order valence-electron chi connectivity index (χ0n) is 11.6. The van der Waals surface area contributed by atoms with Crippen molar-refractivity contribution < 1.29 is 14.4 Å². The van der Waals surface area contributed by atoms with Crippen LogP contribution in [0, 0.1) is 0 Å². The average molecular weight is 271 g/mol. The Morgan fingerprint density at radius 3 is 2.45 bits per heavy atom. The van der Waals surface area contributed by atoms with Crippen molar-refractivity contribution in [2.45, 2.75) is 38.5 Å². The Hall–Kier alpha value is -2.10. The van der Waals surface area contributed by atoms with Crippen LogP contribution in [0.15, 0.2) is 28.8 Å². The molecule has 1 aromatic heterocycles. The zero-order valence-corrected chi connectivity index (χ0v) is 11.6. The predicted molar refractivity (Wildman–Crippen MR) is 75.0 cm³/mol. The summed E-state index contributed by atoms with van der Waals surface area (Å²) in [5, 5.41) is 13.4. The van der Waals surface area contributed by atoms with Crippen LogP contribution < -0.4 is 0 Å². The second kappa shape index (κ2) is 4.78. The molecule has 0 radical (unpaired) electrons. The first-order valence-electron chi connectivity index (χ1n) is 6.91. The monoisotopic (exact) mass is 271 g/mol. The van der Waals surface area contributed by atoms with Crippen molar-refractivity contribution in [2.24, 2.45) is 0 Å². The Kier molecular flexibility index (Phi) is 3.08. The Bertz CT molecular complexity index is 636. The Morgan fingerprint density at radius 1 is 1.30 bits per heavy atom. The van der Waals surface area contributed by atoms with Gasteiger partial charge >= 0.3 is 5.97 Å². The molecule has 0 bridgehead atoms. The maximum absolute atomic E-state index is 11.5. The van der Waals surface area contributed by atoms with Crippen molar-refractivity contribution in [2.75, 3.05) is 0 Å². The van der Waals surface area contributed by atoms with Gasteiger partial charge in [-0.15, -0.1) is 0 Å². The number of hydrogen-bond acceptors (Lipinski definition) is 3. The second-order valence-electron chi connectivity index (χ2n) is 5.63. The molecule has 0 amide bonds. The summed E-state index contributed by atoms with van der Waals surface area (Å²) in [6.45, 7) is 3.79. The number of aromatic carboxylic acids is 1. The molecule has 4 heteroatoms. The molecule has 0 atom stereocenters. The molecule has 2 aromatic rings. The van der Waals surface area contributed by atoms with Gasteiger partial charge in [0.25, 0.3) is 0 Å². The Morgan fingerprint density at radius 2 is 1.95 bits per heavy atom. The van der Waals surface area contributed by atoms with E-state index in [-0.39, 0.29) is 11.5 Å². The summed E-state index contributed by atoms with van der Waals surface area (Å²) in [5.41, 5.74) is 2.71. The van der Waals surface area contributed by atoms with Gasteiger partial charge in [0.2, 0.25) is 0 Å². The van der Waals surface area contributed by atoms with Gasteiger partial charge in [0, 0.05) is 11.5 Å². The van der Waals surface area contributed by atoms with E-state index in [1.165, 1.54) is 18.4 Å². The molecule has 0 aliphatic heterocycles. The Labute approximate surface area is 117 Å². The van der Waals surface area contributed by atoms with Crippen LogP contribution in [-0.2, 0) is 0 Å². The lowest BCUT2D eigenvalue weighted by Gasteiger charge is -2.03. The summed E-state index contributed by atoms with van der Waals surface area (Å²) in [6.07, 6.45) is 2.50. The first-order chi connectivity index (χ1) is 9.58. The van der Waals surface area contributed by atoms with E-state index in [0.29, 0.717) is 17.4 Å². The highest BCUT2D eigenvalue weighted by molar-refractivity contribution is 5.96. The lowest BCUT2D eigenvalue weighted by molar-refractivity contribution is 0.0694. The highest BCUT2D eigenvalue weighted by Gasteiger charge is 2.26. The summed E-state index contributed by atoms with van der Waals surface area (Å²) in [5.74, 6) is 0.120. The van der Waals surface area contributed by atoms with E-state index in [0.717, 1.165) is 5.56 Å². The highest BCUT2D eigenvalue weighted by atomic mass is 16.5. The lowest BCUT2D eigenvalue weighted by Crippen LogP contribution is -2.02. The van der Waals surface area contributed by atoms with E-state index in [1.54, 1.807) is 0 Å². The summed E-state index contributed by atoms with van der Waals surface area (Å²) < 4.78 is 5.23. The van der Waals surface area contributed by atoms with Gasteiger partial charge in [-0.25, -0.2) is 4.79 Å². The van der Waals surface area contributed by atoms with Crippen molar-refractivity contribution in [3.63, 3.8) is 0 Å². The topological polar surface area (TPSA) is 63.3 Å². The fourth-order valence-corrected chi connectivity index (χ4v) is 2.43. The normalized spacial score (nSPS) is 14.8.